The lowest BCUT2D eigenvalue weighted by molar-refractivity contribution is 0.00691. The molecule has 0 spiro atoms. The first-order valence-corrected chi connectivity index (χ1v) is 5.81. The smallest absolute Gasteiger partial charge is 0.338 e. The molecule has 0 aliphatic carbocycles. The summed E-state index contributed by atoms with van der Waals surface area (Å²) in [6.45, 7) is 5.40. The molecule has 100 valence electrons. The second kappa shape index (κ2) is 5.48. The summed E-state index contributed by atoms with van der Waals surface area (Å²) in [5.74, 6) is 0.336. The third kappa shape index (κ3) is 3.53. The Morgan fingerprint density at radius 2 is 1.78 bits per heavy atom. The van der Waals surface area contributed by atoms with Crippen LogP contribution in [0.3, 0.4) is 0 Å². The summed E-state index contributed by atoms with van der Waals surface area (Å²) in [6.07, 6.45) is 0. The third-order valence-electron chi connectivity index (χ3n) is 2.07. The molecule has 0 radical (unpaired) electrons. The van der Waals surface area contributed by atoms with Gasteiger partial charge in [-0.1, -0.05) is 11.6 Å². The van der Waals surface area contributed by atoms with Crippen LogP contribution in [0.4, 0.5) is 0 Å². The average Bonchev–Trinajstić information content (AvgIpc) is 2.25. The van der Waals surface area contributed by atoms with Crippen LogP contribution in [-0.4, -0.2) is 25.8 Å². The second-order valence-corrected chi connectivity index (χ2v) is 5.10. The van der Waals surface area contributed by atoms with Gasteiger partial charge in [0.2, 0.25) is 0 Å². The van der Waals surface area contributed by atoms with Crippen molar-refractivity contribution in [2.45, 2.75) is 26.4 Å². The molecule has 0 aliphatic heterocycles. The number of hydrogen-bond donors (Lipinski definition) is 0. The molecule has 0 amide bonds. The maximum absolute atomic E-state index is 11.9. The number of methoxy groups -OCH3 is 2. The Morgan fingerprint density at radius 1 is 1.17 bits per heavy atom. The molecule has 0 aromatic heterocycles. The van der Waals surface area contributed by atoms with E-state index in [9.17, 15) is 4.79 Å². The van der Waals surface area contributed by atoms with Crippen molar-refractivity contribution in [3.05, 3.63) is 22.7 Å². The number of halogens is 1. The number of benzene rings is 1. The molecule has 0 saturated carbocycles. The van der Waals surface area contributed by atoms with Gasteiger partial charge in [0.15, 0.2) is 11.5 Å². The van der Waals surface area contributed by atoms with Crippen molar-refractivity contribution >= 4 is 17.6 Å². The predicted molar refractivity (Wildman–Crippen MR) is 69.7 cm³/mol. The van der Waals surface area contributed by atoms with Gasteiger partial charge < -0.3 is 14.2 Å². The number of hydrogen-bond acceptors (Lipinski definition) is 4. The van der Waals surface area contributed by atoms with E-state index in [1.807, 2.05) is 0 Å². The van der Waals surface area contributed by atoms with E-state index in [1.165, 1.54) is 20.3 Å². The van der Waals surface area contributed by atoms with Crippen molar-refractivity contribution in [1.29, 1.82) is 0 Å². The van der Waals surface area contributed by atoms with Crippen LogP contribution in [0.2, 0.25) is 5.02 Å². The largest absolute Gasteiger partial charge is 0.493 e. The molecule has 0 heterocycles. The molecule has 0 fully saturated rings. The van der Waals surface area contributed by atoms with Crippen LogP contribution < -0.4 is 9.47 Å². The van der Waals surface area contributed by atoms with E-state index in [0.29, 0.717) is 22.1 Å². The maximum Gasteiger partial charge on any atom is 0.338 e. The summed E-state index contributed by atoms with van der Waals surface area (Å²) in [4.78, 5) is 11.9. The lowest BCUT2D eigenvalue weighted by atomic mass is 10.1. The van der Waals surface area contributed by atoms with E-state index in [1.54, 1.807) is 26.8 Å². The van der Waals surface area contributed by atoms with Gasteiger partial charge in [-0.05, 0) is 32.9 Å². The van der Waals surface area contributed by atoms with Gasteiger partial charge in [0.1, 0.15) is 5.60 Å². The molecule has 18 heavy (non-hydrogen) atoms. The first-order chi connectivity index (χ1) is 8.28. The highest BCUT2D eigenvalue weighted by molar-refractivity contribution is 6.32. The van der Waals surface area contributed by atoms with E-state index < -0.39 is 11.6 Å². The Balaban J connectivity index is 3.12. The standard InChI is InChI=1S/C13H17ClO4/c1-13(2,3)18-12(15)8-6-9(14)11(17-5)10(7-8)16-4/h6-7H,1-5H3. The fraction of sp³-hybridized carbons (Fsp3) is 0.462. The minimum absolute atomic E-state index is 0.303. The molecule has 0 bridgehead atoms. The summed E-state index contributed by atoms with van der Waals surface area (Å²) < 4.78 is 15.5. The van der Waals surface area contributed by atoms with Crippen molar-refractivity contribution in [3.8, 4) is 11.5 Å². The molecule has 0 atom stereocenters. The van der Waals surface area contributed by atoms with Gasteiger partial charge in [-0.3, -0.25) is 0 Å². The Hall–Kier alpha value is -1.42. The summed E-state index contributed by atoms with van der Waals surface area (Å²) in [7, 11) is 2.96. The summed E-state index contributed by atoms with van der Waals surface area (Å²) in [5, 5.41) is 0.303. The van der Waals surface area contributed by atoms with Gasteiger partial charge in [-0.2, -0.15) is 0 Å². The van der Waals surface area contributed by atoms with E-state index in [2.05, 4.69) is 0 Å². The predicted octanol–water partition coefficient (Wildman–Crippen LogP) is 3.31. The fourth-order valence-electron chi connectivity index (χ4n) is 1.37. The van der Waals surface area contributed by atoms with Crippen molar-refractivity contribution in [3.63, 3.8) is 0 Å². The Morgan fingerprint density at radius 3 is 2.22 bits per heavy atom. The molecule has 0 unspecified atom stereocenters. The monoisotopic (exact) mass is 272 g/mol. The van der Waals surface area contributed by atoms with E-state index in [0.717, 1.165) is 0 Å². The van der Waals surface area contributed by atoms with Crippen LogP contribution in [0, 0.1) is 0 Å². The lowest BCUT2D eigenvalue weighted by Crippen LogP contribution is -2.23. The number of rotatable bonds is 3. The summed E-state index contributed by atoms with van der Waals surface area (Å²) >= 11 is 6.02. The topological polar surface area (TPSA) is 44.8 Å². The minimum atomic E-state index is -0.559. The van der Waals surface area contributed by atoms with Crippen LogP contribution in [0.1, 0.15) is 31.1 Å². The van der Waals surface area contributed by atoms with Gasteiger partial charge in [-0.15, -0.1) is 0 Å². The van der Waals surface area contributed by atoms with E-state index in [4.69, 9.17) is 25.8 Å². The van der Waals surface area contributed by atoms with Crippen molar-refractivity contribution in [1.82, 2.24) is 0 Å². The lowest BCUT2D eigenvalue weighted by Gasteiger charge is -2.20. The average molecular weight is 273 g/mol. The molecular weight excluding hydrogens is 256 g/mol. The second-order valence-electron chi connectivity index (χ2n) is 4.70. The van der Waals surface area contributed by atoms with Crippen LogP contribution in [0.25, 0.3) is 0 Å². The quantitative estimate of drug-likeness (QED) is 0.792. The molecule has 1 rings (SSSR count). The molecule has 0 saturated heterocycles. The van der Waals surface area contributed by atoms with E-state index >= 15 is 0 Å². The Kier molecular flexibility index (Phi) is 4.46. The normalized spacial score (nSPS) is 11.0. The number of carbonyl (C=O) groups excluding carboxylic acids is 1. The van der Waals surface area contributed by atoms with Gasteiger partial charge in [0.25, 0.3) is 0 Å². The first kappa shape index (κ1) is 14.6. The SMILES string of the molecule is COc1cc(C(=O)OC(C)(C)C)cc(Cl)c1OC. The van der Waals surface area contributed by atoms with Gasteiger partial charge >= 0.3 is 5.97 Å². The molecule has 5 heteroatoms. The third-order valence-corrected chi connectivity index (χ3v) is 2.35. The van der Waals surface area contributed by atoms with Crippen LogP contribution in [-0.2, 0) is 4.74 Å². The zero-order chi connectivity index (χ0) is 13.9. The molecule has 4 nitrogen and oxygen atoms in total. The van der Waals surface area contributed by atoms with Crippen molar-refractivity contribution in [2.75, 3.05) is 14.2 Å². The molecule has 0 N–H and O–H groups in total. The summed E-state index contributed by atoms with van der Waals surface area (Å²) in [5.41, 5.74) is -0.232. The number of carbonyl (C=O) groups is 1. The fourth-order valence-corrected chi connectivity index (χ4v) is 1.66. The summed E-state index contributed by atoms with van der Waals surface area (Å²) in [6, 6.07) is 3.04. The van der Waals surface area contributed by atoms with Crippen LogP contribution in [0.15, 0.2) is 12.1 Å². The van der Waals surface area contributed by atoms with Crippen molar-refractivity contribution in [2.24, 2.45) is 0 Å². The highest BCUT2D eigenvalue weighted by Gasteiger charge is 2.21. The number of ether oxygens (including phenoxy) is 3. The maximum atomic E-state index is 11.9. The molecule has 1 aromatic rings. The molecular formula is C13H17ClO4. The zero-order valence-corrected chi connectivity index (χ0v) is 11.9. The highest BCUT2D eigenvalue weighted by atomic mass is 35.5. The zero-order valence-electron chi connectivity index (χ0n) is 11.2. The molecule has 1 aromatic carbocycles. The Bertz CT molecular complexity index is 449. The van der Waals surface area contributed by atoms with Gasteiger partial charge in [0, 0.05) is 0 Å². The minimum Gasteiger partial charge on any atom is -0.493 e. The van der Waals surface area contributed by atoms with Gasteiger partial charge in [0.05, 0.1) is 24.8 Å². The van der Waals surface area contributed by atoms with Crippen LogP contribution >= 0.6 is 11.6 Å². The Labute approximate surface area is 112 Å². The first-order valence-electron chi connectivity index (χ1n) is 5.43. The highest BCUT2D eigenvalue weighted by Crippen LogP contribution is 2.36. The van der Waals surface area contributed by atoms with Crippen molar-refractivity contribution < 1.29 is 19.0 Å². The van der Waals surface area contributed by atoms with E-state index in [-0.39, 0.29) is 0 Å². The molecule has 0 aliphatic rings. The van der Waals surface area contributed by atoms with Gasteiger partial charge in [-0.25, -0.2) is 4.79 Å². The van der Waals surface area contributed by atoms with Crippen LogP contribution in [0.5, 0.6) is 11.5 Å². The number of esters is 1.